The quantitative estimate of drug-likeness (QED) is 0.0805. The van der Waals surface area contributed by atoms with Crippen molar-refractivity contribution >= 4 is 7.82 Å². The Kier molecular flexibility index (Phi) is 10.3. The van der Waals surface area contributed by atoms with Crippen LogP contribution in [0.1, 0.15) is 11.8 Å². The number of aliphatic hydroxyl groups excluding tert-OH is 3. The van der Waals surface area contributed by atoms with Gasteiger partial charge in [-0.1, -0.05) is 0 Å². The van der Waals surface area contributed by atoms with Crippen molar-refractivity contribution in [2.75, 3.05) is 19.8 Å². The van der Waals surface area contributed by atoms with Crippen LogP contribution in [0.15, 0.2) is 52.2 Å². The predicted octanol–water partition coefficient (Wildman–Crippen LogP) is -3.90. The van der Waals surface area contributed by atoms with Crippen LogP contribution in [-0.4, -0.2) is 73.8 Å². The molecule has 0 radical (unpaired) electrons. The van der Waals surface area contributed by atoms with Gasteiger partial charge in [0, 0.05) is 0 Å². The van der Waals surface area contributed by atoms with Crippen LogP contribution in [-0.2, 0) is 31.1 Å². The van der Waals surface area contributed by atoms with Gasteiger partial charge in [0.15, 0.2) is 0 Å². The monoisotopic (exact) mass is 649 g/mol. The summed E-state index contributed by atoms with van der Waals surface area (Å²) in [4.78, 5) is 34.7. The van der Waals surface area contributed by atoms with E-state index >= 15 is 4.39 Å². The first-order valence-electron chi connectivity index (χ1n) is 10.3. The Balaban J connectivity index is 1.46. The zero-order valence-electron chi connectivity index (χ0n) is 18.4. The van der Waals surface area contributed by atoms with E-state index in [1.807, 2.05) is 35.3 Å². The summed E-state index contributed by atoms with van der Waals surface area (Å²) >= 11 is -1.87. The van der Waals surface area contributed by atoms with Crippen LogP contribution in [0.4, 0.5) is 4.39 Å². The number of hydrogen-bond donors (Lipinski definition) is 5. The van der Waals surface area contributed by atoms with Gasteiger partial charge in [-0.2, -0.15) is 0 Å². The van der Waals surface area contributed by atoms with Gasteiger partial charge in [0.1, 0.15) is 0 Å². The molecule has 1 aromatic heterocycles. The summed E-state index contributed by atoms with van der Waals surface area (Å²) in [5.74, 6) is -3.20. The van der Waals surface area contributed by atoms with Crippen molar-refractivity contribution in [3.63, 3.8) is 0 Å². The molecule has 5 N–H and O–H groups in total. The zero-order chi connectivity index (χ0) is 26.3. The van der Waals surface area contributed by atoms with Crippen LogP contribution in [0.3, 0.4) is 0 Å². The molecule has 1 aliphatic heterocycles. The van der Waals surface area contributed by atoms with Crippen LogP contribution in [0, 0.1) is 0 Å². The third kappa shape index (κ3) is 7.72. The van der Waals surface area contributed by atoms with Crippen molar-refractivity contribution in [2.45, 2.75) is 37.0 Å². The van der Waals surface area contributed by atoms with E-state index < -0.39 is 78.1 Å². The molecule has 2 heterocycles. The van der Waals surface area contributed by atoms with Gasteiger partial charge in [-0.3, -0.25) is 0 Å². The van der Waals surface area contributed by atoms with E-state index in [0.29, 0.717) is 4.57 Å². The molecule has 1 aromatic carbocycles. The Morgan fingerprint density at radius 3 is 2.64 bits per heavy atom. The maximum absolute atomic E-state index is 15.1. The number of nitrogens with zero attached hydrogens (tertiary/aromatic N) is 1. The number of alkyl halides is 1. The van der Waals surface area contributed by atoms with Crippen LogP contribution in [0.2, 0.25) is 0 Å². The van der Waals surface area contributed by atoms with Crippen molar-refractivity contribution in [1.82, 2.24) is 9.55 Å². The number of halogens is 2. The third-order valence-electron chi connectivity index (χ3n) is 4.86. The van der Waals surface area contributed by atoms with Crippen LogP contribution in [0.5, 0.6) is 0 Å². The number of benzene rings is 1. The second-order valence-corrected chi connectivity index (χ2v) is 11.0. The number of H-pyrrole nitrogens is 1. The molecule has 1 aliphatic rings. The number of aliphatic hydroxyl groups is 3. The van der Waals surface area contributed by atoms with Gasteiger partial charge in [-0.05, 0) is 0 Å². The molecule has 2 unspecified atom stereocenters. The summed E-state index contributed by atoms with van der Waals surface area (Å²) in [5, 5.41) is 29.5. The minimum absolute atomic E-state index is 0.159. The van der Waals surface area contributed by atoms with Crippen molar-refractivity contribution < 1.29 is 71.1 Å². The molecule has 3 rings (SSSR count). The number of aromatic nitrogens is 2. The normalized spacial score (nSPS) is 26.6. The Morgan fingerprint density at radius 2 is 1.97 bits per heavy atom. The maximum atomic E-state index is 15.1. The summed E-state index contributed by atoms with van der Waals surface area (Å²) in [6, 6.07) is 10.0. The number of ether oxygens (including phenoxy) is 2. The Hall–Kier alpha value is -1.57. The van der Waals surface area contributed by atoms with Crippen LogP contribution >= 0.6 is 7.82 Å². The first-order chi connectivity index (χ1) is 17.0. The Labute approximate surface area is 214 Å². The van der Waals surface area contributed by atoms with Gasteiger partial charge in [-0.25, -0.2) is 0 Å². The van der Waals surface area contributed by atoms with E-state index in [1.165, 1.54) is 0 Å². The van der Waals surface area contributed by atoms with E-state index in [4.69, 9.17) is 12.5 Å². The first-order valence-corrected chi connectivity index (χ1v) is 13.5. The number of phosphoric ester groups is 1. The molecule has 0 aliphatic carbocycles. The summed E-state index contributed by atoms with van der Waals surface area (Å²) in [6.07, 6.45) is -5.85. The summed E-state index contributed by atoms with van der Waals surface area (Å²) in [6.45, 7) is -1.69. The van der Waals surface area contributed by atoms with Gasteiger partial charge in [0.25, 0.3) is 0 Å². The summed E-state index contributed by atoms with van der Waals surface area (Å²) in [7, 11) is -4.88. The minimum atomic E-state index is -4.88. The molecule has 36 heavy (non-hydrogen) atoms. The van der Waals surface area contributed by atoms with Crippen molar-refractivity contribution in [1.29, 1.82) is 0 Å². The first kappa shape index (κ1) is 29.0. The average molecular weight is 649 g/mol. The second kappa shape index (κ2) is 12.8. The Morgan fingerprint density at radius 1 is 1.25 bits per heavy atom. The fraction of sp³-hybridized carbons (Fsp3) is 0.474. The van der Waals surface area contributed by atoms with Crippen molar-refractivity contribution in [3.8, 4) is 0 Å². The van der Waals surface area contributed by atoms with Gasteiger partial charge < -0.3 is 0 Å². The number of phosphoric acid groups is 1. The molecular weight excluding hydrogens is 625 g/mol. The third-order valence-corrected chi connectivity index (χ3v) is 8.14. The van der Waals surface area contributed by atoms with Gasteiger partial charge >= 0.3 is 214 Å². The molecule has 0 bridgehead atoms. The second-order valence-electron chi connectivity index (χ2n) is 7.50. The van der Waals surface area contributed by atoms with Gasteiger partial charge in [0.2, 0.25) is 0 Å². The molecule has 2 aromatic rings. The average Bonchev–Trinajstić information content (AvgIpc) is 3.07. The van der Waals surface area contributed by atoms with E-state index in [2.05, 4.69) is 7.38 Å². The molecule has 6 atom stereocenters. The topological polar surface area (TPSA) is 199 Å². The van der Waals surface area contributed by atoms with E-state index in [9.17, 15) is 34.4 Å². The predicted molar refractivity (Wildman–Crippen MR) is 112 cm³/mol. The van der Waals surface area contributed by atoms with Crippen molar-refractivity contribution in [3.05, 3.63) is 69.0 Å². The van der Waals surface area contributed by atoms with E-state index in [0.717, 1.165) is 17.8 Å². The SMILES string of the molecule is O=c1ccn([C@@H]2O[C@](F)(COP(=O)(O)O[I-]OCC(CO)OCc3ccccc3)[C@@H](O)[C@H]2O)c(=O)[nH]1. The fourth-order valence-electron chi connectivity index (χ4n) is 3.00. The standard InChI is InChI=1S/C19H24FIN2O12P/c20-19(16(27)15(26)17(34-19)23-7-6-14(25)22-18(23)28)11-33-36(29,30)35-21-32-10-13(8-24)31-9-12-4-2-1-3-5-12/h1-7,13,15-17,24,26-27H,8-11H2,(H,29,30)(H,22,25,28)/q-1/t13?,15-,16+,17-,19-/m1/s1. The van der Waals surface area contributed by atoms with Crippen LogP contribution in [0.25, 0.3) is 0 Å². The van der Waals surface area contributed by atoms with Crippen molar-refractivity contribution in [2.24, 2.45) is 0 Å². The van der Waals surface area contributed by atoms with E-state index in [1.54, 1.807) is 0 Å². The molecule has 14 nitrogen and oxygen atoms in total. The van der Waals surface area contributed by atoms with Gasteiger partial charge in [0.05, 0.1) is 0 Å². The zero-order valence-corrected chi connectivity index (χ0v) is 21.4. The molecule has 202 valence electrons. The molecule has 17 heteroatoms. The fourth-order valence-corrected chi connectivity index (χ4v) is 5.33. The molecular formula is C19H24FIN2O12P-. The number of hydrogen-bond acceptors (Lipinski definition) is 11. The molecule has 1 fully saturated rings. The molecule has 1 saturated heterocycles. The number of aromatic amines is 1. The van der Waals surface area contributed by atoms with Crippen LogP contribution < -0.4 is 33.3 Å². The van der Waals surface area contributed by atoms with E-state index in [-0.39, 0.29) is 19.8 Å². The van der Waals surface area contributed by atoms with Gasteiger partial charge in [-0.15, -0.1) is 0 Å². The Bertz CT molecular complexity index is 1150. The number of nitrogens with one attached hydrogen (secondary N) is 1. The summed E-state index contributed by atoms with van der Waals surface area (Å²) in [5.41, 5.74) is -0.934. The molecule has 0 saturated carbocycles. The molecule has 0 amide bonds. The summed E-state index contributed by atoms with van der Waals surface area (Å²) < 4.78 is 52.6. The molecule has 0 spiro atoms. The number of rotatable bonds is 13.